The van der Waals surface area contributed by atoms with Crippen molar-refractivity contribution in [3.05, 3.63) is 76.3 Å². The molecule has 0 saturated heterocycles. The molecule has 0 bridgehead atoms. The number of carbonyl (C=O) groups excluding carboxylic acids is 1. The van der Waals surface area contributed by atoms with E-state index < -0.39 is 0 Å². The molecule has 156 valence electrons. The van der Waals surface area contributed by atoms with E-state index in [2.05, 4.69) is 10.4 Å². The van der Waals surface area contributed by atoms with E-state index in [1.54, 1.807) is 24.3 Å². The van der Waals surface area contributed by atoms with E-state index in [4.69, 9.17) is 9.47 Å². The van der Waals surface area contributed by atoms with Gasteiger partial charge in [-0.2, -0.15) is 5.10 Å². The van der Waals surface area contributed by atoms with Crippen LogP contribution in [0.5, 0.6) is 11.5 Å². The summed E-state index contributed by atoms with van der Waals surface area (Å²) in [7, 11) is 1.53. The van der Waals surface area contributed by atoms with Crippen molar-refractivity contribution in [2.75, 3.05) is 20.3 Å². The molecule has 0 radical (unpaired) electrons. The maximum absolute atomic E-state index is 13.1. The first kappa shape index (κ1) is 21.0. The van der Waals surface area contributed by atoms with Gasteiger partial charge in [0.25, 0.3) is 11.5 Å². The zero-order chi connectivity index (χ0) is 21.5. The van der Waals surface area contributed by atoms with Crippen molar-refractivity contribution < 1.29 is 18.7 Å². The average Bonchev–Trinajstić information content (AvgIpc) is 2.74. The van der Waals surface area contributed by atoms with Gasteiger partial charge in [-0.15, -0.1) is 0 Å². The third-order valence-electron chi connectivity index (χ3n) is 4.33. The van der Waals surface area contributed by atoms with Gasteiger partial charge in [0.1, 0.15) is 5.82 Å². The lowest BCUT2D eigenvalue weighted by atomic mass is 10.1. The minimum absolute atomic E-state index is 0.183. The first-order valence-corrected chi connectivity index (χ1v) is 9.34. The third kappa shape index (κ3) is 5.44. The Morgan fingerprint density at radius 1 is 1.10 bits per heavy atom. The van der Waals surface area contributed by atoms with Crippen LogP contribution >= 0.6 is 0 Å². The van der Waals surface area contributed by atoms with Crippen molar-refractivity contribution in [2.24, 2.45) is 0 Å². The lowest BCUT2D eigenvalue weighted by Gasteiger charge is -2.12. The fourth-order valence-corrected chi connectivity index (χ4v) is 2.77. The molecule has 3 rings (SSSR count). The molecular weight excluding hydrogens is 389 g/mol. The molecule has 2 aromatic carbocycles. The summed E-state index contributed by atoms with van der Waals surface area (Å²) < 4.78 is 25.1. The van der Waals surface area contributed by atoms with E-state index in [0.29, 0.717) is 22.8 Å². The third-order valence-corrected chi connectivity index (χ3v) is 4.33. The predicted octanol–water partition coefficient (Wildman–Crippen LogP) is 2.56. The highest BCUT2D eigenvalue weighted by Gasteiger charge is 2.09. The van der Waals surface area contributed by atoms with Crippen molar-refractivity contribution >= 4 is 5.91 Å². The molecule has 8 heteroatoms. The summed E-state index contributed by atoms with van der Waals surface area (Å²) in [6, 6.07) is 14.2. The first-order chi connectivity index (χ1) is 14.5. The predicted molar refractivity (Wildman–Crippen MR) is 110 cm³/mol. The van der Waals surface area contributed by atoms with Crippen molar-refractivity contribution in [3.63, 3.8) is 0 Å². The quantitative estimate of drug-likeness (QED) is 0.616. The second-order valence-electron chi connectivity index (χ2n) is 6.58. The Morgan fingerprint density at radius 2 is 1.87 bits per heavy atom. The van der Waals surface area contributed by atoms with Gasteiger partial charge >= 0.3 is 0 Å². The highest BCUT2D eigenvalue weighted by Crippen LogP contribution is 2.27. The average molecular weight is 411 g/mol. The molecular formula is C22H22FN3O4. The Bertz CT molecular complexity index is 1080. The maximum Gasteiger partial charge on any atom is 0.266 e. The van der Waals surface area contributed by atoms with E-state index in [1.165, 1.54) is 30.0 Å². The van der Waals surface area contributed by atoms with Gasteiger partial charge in [0.2, 0.25) is 0 Å². The summed E-state index contributed by atoms with van der Waals surface area (Å²) >= 11 is 0. The van der Waals surface area contributed by atoms with Crippen molar-refractivity contribution in [2.45, 2.75) is 13.5 Å². The Morgan fingerprint density at radius 3 is 2.60 bits per heavy atom. The molecule has 0 spiro atoms. The largest absolute Gasteiger partial charge is 0.493 e. The number of halogens is 1. The van der Waals surface area contributed by atoms with Gasteiger partial charge in [-0.3, -0.25) is 9.59 Å². The SMILES string of the molecule is COc1cc(C)ccc1OCC(=O)NCCn1nc(-c2ccc(F)cc2)ccc1=O. The van der Waals surface area contributed by atoms with Gasteiger partial charge in [-0.05, 0) is 55.0 Å². The van der Waals surface area contributed by atoms with Crippen LogP contribution in [0.3, 0.4) is 0 Å². The summed E-state index contributed by atoms with van der Waals surface area (Å²) in [5.41, 5.74) is 1.95. The van der Waals surface area contributed by atoms with Crippen molar-refractivity contribution in [3.8, 4) is 22.8 Å². The molecule has 7 nitrogen and oxygen atoms in total. The van der Waals surface area contributed by atoms with Crippen LogP contribution in [-0.2, 0) is 11.3 Å². The Kier molecular flexibility index (Phi) is 6.79. The number of hydrogen-bond donors (Lipinski definition) is 1. The number of hydrogen-bond acceptors (Lipinski definition) is 5. The molecule has 1 heterocycles. The van der Waals surface area contributed by atoms with E-state index in [-0.39, 0.29) is 37.0 Å². The zero-order valence-electron chi connectivity index (χ0n) is 16.7. The summed E-state index contributed by atoms with van der Waals surface area (Å²) in [5, 5.41) is 6.97. The van der Waals surface area contributed by atoms with Crippen LogP contribution in [0, 0.1) is 12.7 Å². The van der Waals surface area contributed by atoms with Gasteiger partial charge in [0, 0.05) is 18.2 Å². The fourth-order valence-electron chi connectivity index (χ4n) is 2.77. The number of rotatable bonds is 8. The topological polar surface area (TPSA) is 82.4 Å². The van der Waals surface area contributed by atoms with Crippen LogP contribution in [-0.4, -0.2) is 35.9 Å². The number of aryl methyl sites for hydroxylation is 1. The highest BCUT2D eigenvalue weighted by atomic mass is 19.1. The molecule has 3 aromatic rings. The monoisotopic (exact) mass is 411 g/mol. The molecule has 0 aliphatic rings. The summed E-state index contributed by atoms with van der Waals surface area (Å²) in [5.74, 6) is 0.347. The molecule has 0 unspecified atom stereocenters. The van der Waals surface area contributed by atoms with Crippen LogP contribution in [0.1, 0.15) is 5.56 Å². The minimum Gasteiger partial charge on any atom is -0.493 e. The van der Waals surface area contributed by atoms with Gasteiger partial charge < -0.3 is 14.8 Å². The van der Waals surface area contributed by atoms with Gasteiger partial charge in [-0.25, -0.2) is 9.07 Å². The Hall–Kier alpha value is -3.68. The van der Waals surface area contributed by atoms with E-state index in [1.807, 2.05) is 19.1 Å². The van der Waals surface area contributed by atoms with E-state index >= 15 is 0 Å². The molecule has 0 atom stereocenters. The second kappa shape index (κ2) is 9.69. The van der Waals surface area contributed by atoms with Gasteiger partial charge in [0.15, 0.2) is 18.1 Å². The molecule has 1 aromatic heterocycles. The molecule has 0 saturated carbocycles. The van der Waals surface area contributed by atoms with Crippen molar-refractivity contribution in [1.82, 2.24) is 15.1 Å². The normalized spacial score (nSPS) is 10.5. The maximum atomic E-state index is 13.1. The smallest absolute Gasteiger partial charge is 0.266 e. The lowest BCUT2D eigenvalue weighted by Crippen LogP contribution is -2.34. The van der Waals surface area contributed by atoms with Crippen LogP contribution < -0.4 is 20.3 Å². The number of carbonyl (C=O) groups is 1. The summed E-state index contributed by atoms with van der Waals surface area (Å²) in [6.07, 6.45) is 0. The molecule has 1 amide bonds. The molecule has 0 fully saturated rings. The van der Waals surface area contributed by atoms with Gasteiger partial charge in [0.05, 0.1) is 19.3 Å². The second-order valence-corrected chi connectivity index (χ2v) is 6.58. The molecule has 1 N–H and O–H groups in total. The minimum atomic E-state index is -0.347. The van der Waals surface area contributed by atoms with E-state index in [9.17, 15) is 14.0 Å². The standard InChI is InChI=1S/C22H22FN3O4/c1-15-3-9-19(20(13-15)29-2)30-14-21(27)24-11-12-26-22(28)10-8-18(25-26)16-4-6-17(23)7-5-16/h3-10,13H,11-12,14H2,1-2H3,(H,24,27). The van der Waals surface area contributed by atoms with Crippen molar-refractivity contribution in [1.29, 1.82) is 0 Å². The molecule has 0 aliphatic carbocycles. The van der Waals surface area contributed by atoms with E-state index in [0.717, 1.165) is 5.56 Å². The van der Waals surface area contributed by atoms with Crippen LogP contribution in [0.2, 0.25) is 0 Å². The number of methoxy groups -OCH3 is 1. The summed E-state index contributed by atoms with van der Waals surface area (Å²) in [4.78, 5) is 24.1. The number of amides is 1. The molecule has 30 heavy (non-hydrogen) atoms. The number of nitrogens with one attached hydrogen (secondary N) is 1. The highest BCUT2D eigenvalue weighted by molar-refractivity contribution is 5.77. The number of aromatic nitrogens is 2. The zero-order valence-corrected chi connectivity index (χ0v) is 16.7. The van der Waals surface area contributed by atoms with Crippen LogP contribution in [0.4, 0.5) is 4.39 Å². The van der Waals surface area contributed by atoms with Gasteiger partial charge in [-0.1, -0.05) is 6.07 Å². The number of ether oxygens (including phenoxy) is 2. The van der Waals surface area contributed by atoms with Crippen LogP contribution in [0.15, 0.2) is 59.4 Å². The Labute approximate surface area is 173 Å². The van der Waals surface area contributed by atoms with Crippen LogP contribution in [0.25, 0.3) is 11.3 Å². The first-order valence-electron chi connectivity index (χ1n) is 9.34. The number of nitrogens with zero attached hydrogens (tertiary/aromatic N) is 2. The summed E-state index contributed by atoms with van der Waals surface area (Å²) in [6.45, 7) is 2.14. The fraction of sp³-hybridized carbons (Fsp3) is 0.227. The number of benzene rings is 2. The Balaban J connectivity index is 1.54. The molecule has 0 aliphatic heterocycles. The lowest BCUT2D eigenvalue weighted by molar-refractivity contribution is -0.123.